The van der Waals surface area contributed by atoms with E-state index in [0.29, 0.717) is 6.04 Å². The van der Waals surface area contributed by atoms with Gasteiger partial charge in [-0.25, -0.2) is 0 Å². The first-order valence-electron chi connectivity index (χ1n) is 7.69. The van der Waals surface area contributed by atoms with Crippen molar-refractivity contribution in [3.63, 3.8) is 0 Å². The highest BCUT2D eigenvalue weighted by molar-refractivity contribution is 7.19. The average molecular weight is 304 g/mol. The van der Waals surface area contributed by atoms with Gasteiger partial charge in [0, 0.05) is 48.4 Å². The Morgan fingerprint density at radius 1 is 1.29 bits per heavy atom. The molecule has 1 atom stereocenters. The zero-order chi connectivity index (χ0) is 14.8. The van der Waals surface area contributed by atoms with Crippen LogP contribution in [0.5, 0.6) is 0 Å². The van der Waals surface area contributed by atoms with Gasteiger partial charge in [-0.3, -0.25) is 4.90 Å². The molecule has 0 spiro atoms. The van der Waals surface area contributed by atoms with Crippen LogP contribution in [0.1, 0.15) is 16.9 Å². The molecule has 0 unspecified atom stereocenters. The summed E-state index contributed by atoms with van der Waals surface area (Å²) in [6.45, 7) is 6.81. The second-order valence-corrected chi connectivity index (χ2v) is 7.27. The fraction of sp³-hybridized carbons (Fsp3) is 0.529. The van der Waals surface area contributed by atoms with Crippen LogP contribution < -0.4 is 0 Å². The van der Waals surface area contributed by atoms with E-state index in [4.69, 9.17) is 0 Å². The number of aryl methyl sites for hydroxylation is 1. The molecule has 2 heterocycles. The number of fused-ring (bicyclic) bond motifs is 1. The number of nitrogens with zero attached hydrogens (tertiary/aromatic N) is 2. The Morgan fingerprint density at radius 2 is 2.10 bits per heavy atom. The van der Waals surface area contributed by atoms with Crippen LogP contribution in [-0.4, -0.2) is 54.2 Å². The molecule has 3 nitrogen and oxygen atoms in total. The van der Waals surface area contributed by atoms with Crippen LogP contribution in [-0.2, 0) is 6.54 Å². The Hall–Kier alpha value is -0.940. The van der Waals surface area contributed by atoms with E-state index in [-0.39, 0.29) is 6.61 Å². The molecular formula is C17H24N2OS. The van der Waals surface area contributed by atoms with Crippen molar-refractivity contribution in [2.75, 3.05) is 33.3 Å². The lowest BCUT2D eigenvalue weighted by Gasteiger charge is -2.39. The molecule has 0 amide bonds. The zero-order valence-electron chi connectivity index (χ0n) is 12.9. The van der Waals surface area contributed by atoms with E-state index < -0.39 is 0 Å². The van der Waals surface area contributed by atoms with E-state index in [2.05, 4.69) is 48.0 Å². The van der Waals surface area contributed by atoms with Gasteiger partial charge in [0.05, 0.1) is 0 Å². The minimum atomic E-state index is 0.281. The van der Waals surface area contributed by atoms with Crippen molar-refractivity contribution in [3.8, 4) is 0 Å². The van der Waals surface area contributed by atoms with Crippen LogP contribution in [0.15, 0.2) is 24.3 Å². The third-order valence-corrected chi connectivity index (χ3v) is 5.73. The first-order chi connectivity index (χ1) is 10.2. The summed E-state index contributed by atoms with van der Waals surface area (Å²) in [7, 11) is 2.17. The first-order valence-corrected chi connectivity index (χ1v) is 8.51. The zero-order valence-corrected chi connectivity index (χ0v) is 13.7. The molecule has 1 aliphatic heterocycles. The van der Waals surface area contributed by atoms with Crippen LogP contribution in [0.3, 0.4) is 0 Å². The molecule has 0 radical (unpaired) electrons. The van der Waals surface area contributed by atoms with Gasteiger partial charge in [-0.1, -0.05) is 18.2 Å². The van der Waals surface area contributed by atoms with Gasteiger partial charge >= 0.3 is 0 Å². The van der Waals surface area contributed by atoms with Crippen molar-refractivity contribution in [1.82, 2.24) is 9.80 Å². The molecule has 1 aliphatic rings. The number of benzene rings is 1. The molecule has 1 fully saturated rings. The second kappa shape index (κ2) is 6.44. The van der Waals surface area contributed by atoms with E-state index >= 15 is 0 Å². The number of hydrogen-bond acceptors (Lipinski definition) is 4. The summed E-state index contributed by atoms with van der Waals surface area (Å²) in [6, 6.07) is 9.20. The number of aliphatic hydroxyl groups is 1. The monoisotopic (exact) mass is 304 g/mol. The van der Waals surface area contributed by atoms with Crippen LogP contribution >= 0.6 is 11.3 Å². The van der Waals surface area contributed by atoms with Gasteiger partial charge in [0.1, 0.15) is 0 Å². The van der Waals surface area contributed by atoms with Crippen LogP contribution in [0.2, 0.25) is 0 Å². The Balaban J connectivity index is 1.77. The van der Waals surface area contributed by atoms with Gasteiger partial charge in [0.2, 0.25) is 0 Å². The third-order valence-electron chi connectivity index (χ3n) is 4.61. The Kier molecular flexibility index (Phi) is 4.60. The minimum Gasteiger partial charge on any atom is -0.396 e. The molecule has 1 saturated heterocycles. The summed E-state index contributed by atoms with van der Waals surface area (Å²) in [4.78, 5) is 6.36. The van der Waals surface area contributed by atoms with Crippen molar-refractivity contribution >= 4 is 21.4 Å². The maximum absolute atomic E-state index is 9.22. The van der Waals surface area contributed by atoms with Crippen molar-refractivity contribution in [2.24, 2.45) is 0 Å². The molecular weight excluding hydrogens is 280 g/mol. The second-order valence-electron chi connectivity index (χ2n) is 6.01. The molecule has 1 aromatic heterocycles. The van der Waals surface area contributed by atoms with E-state index in [0.717, 1.165) is 32.6 Å². The normalized spacial score (nSPS) is 21.2. The van der Waals surface area contributed by atoms with E-state index in [1.165, 1.54) is 20.5 Å². The summed E-state index contributed by atoms with van der Waals surface area (Å²) in [5, 5.41) is 10.6. The van der Waals surface area contributed by atoms with Gasteiger partial charge in [-0.15, -0.1) is 11.3 Å². The quantitative estimate of drug-likeness (QED) is 0.941. The number of likely N-dealkylation sites (N-methyl/N-ethyl adjacent to an activating group) is 1. The van der Waals surface area contributed by atoms with E-state index in [1.54, 1.807) is 0 Å². The largest absolute Gasteiger partial charge is 0.396 e. The van der Waals surface area contributed by atoms with Crippen molar-refractivity contribution < 1.29 is 5.11 Å². The molecule has 0 saturated carbocycles. The molecule has 21 heavy (non-hydrogen) atoms. The van der Waals surface area contributed by atoms with Gasteiger partial charge in [0.15, 0.2) is 0 Å². The van der Waals surface area contributed by atoms with Gasteiger partial charge < -0.3 is 10.0 Å². The summed E-state index contributed by atoms with van der Waals surface area (Å²) in [6.07, 6.45) is 0.871. The standard InChI is InChI=1S/C17H24N2OS/c1-13-16(15-5-3-4-6-17(15)21-13)12-19-9-8-18(2)14(11-19)7-10-20/h3-6,14,20H,7-12H2,1-2H3/t14-/m0/s1. The van der Waals surface area contributed by atoms with E-state index in [9.17, 15) is 5.11 Å². The number of hydrogen-bond donors (Lipinski definition) is 1. The maximum Gasteiger partial charge on any atom is 0.0446 e. The Labute approximate surface area is 130 Å². The summed E-state index contributed by atoms with van der Waals surface area (Å²) < 4.78 is 1.39. The van der Waals surface area contributed by atoms with Gasteiger partial charge in [-0.2, -0.15) is 0 Å². The maximum atomic E-state index is 9.22. The van der Waals surface area contributed by atoms with Crippen LogP contribution in [0.4, 0.5) is 0 Å². The van der Waals surface area contributed by atoms with E-state index in [1.807, 2.05) is 11.3 Å². The lowest BCUT2D eigenvalue weighted by molar-refractivity contribution is 0.0745. The number of piperazine rings is 1. The minimum absolute atomic E-state index is 0.281. The topological polar surface area (TPSA) is 26.7 Å². The fourth-order valence-electron chi connectivity index (χ4n) is 3.26. The third kappa shape index (κ3) is 3.14. The highest BCUT2D eigenvalue weighted by Gasteiger charge is 2.24. The number of rotatable bonds is 4. The Bertz CT molecular complexity index is 610. The molecule has 114 valence electrons. The summed E-state index contributed by atoms with van der Waals surface area (Å²) in [5.41, 5.74) is 1.49. The predicted molar refractivity (Wildman–Crippen MR) is 90.0 cm³/mol. The molecule has 3 rings (SSSR count). The molecule has 0 bridgehead atoms. The van der Waals surface area contributed by atoms with Crippen LogP contribution in [0.25, 0.3) is 10.1 Å². The number of thiophene rings is 1. The fourth-order valence-corrected chi connectivity index (χ4v) is 4.33. The van der Waals surface area contributed by atoms with Crippen molar-refractivity contribution in [1.29, 1.82) is 0 Å². The molecule has 0 aliphatic carbocycles. The molecule has 1 aromatic carbocycles. The summed E-state index contributed by atoms with van der Waals surface area (Å²) in [5.74, 6) is 0. The Morgan fingerprint density at radius 3 is 2.90 bits per heavy atom. The molecule has 1 N–H and O–H groups in total. The highest BCUT2D eigenvalue weighted by Crippen LogP contribution is 2.31. The lowest BCUT2D eigenvalue weighted by atomic mass is 10.1. The predicted octanol–water partition coefficient (Wildman–Crippen LogP) is 2.71. The van der Waals surface area contributed by atoms with Gasteiger partial charge in [0.25, 0.3) is 0 Å². The lowest BCUT2D eigenvalue weighted by Crippen LogP contribution is -2.51. The average Bonchev–Trinajstić information content (AvgIpc) is 2.79. The molecule has 2 aromatic rings. The SMILES string of the molecule is Cc1sc2ccccc2c1CN1CCN(C)[C@@H](CCO)C1. The summed E-state index contributed by atoms with van der Waals surface area (Å²) >= 11 is 1.90. The molecule has 4 heteroatoms. The smallest absolute Gasteiger partial charge is 0.0446 e. The number of aliphatic hydroxyl groups excluding tert-OH is 1. The highest BCUT2D eigenvalue weighted by atomic mass is 32.1. The van der Waals surface area contributed by atoms with Crippen molar-refractivity contribution in [2.45, 2.75) is 25.9 Å². The van der Waals surface area contributed by atoms with Crippen LogP contribution in [0, 0.1) is 6.92 Å². The van der Waals surface area contributed by atoms with Crippen molar-refractivity contribution in [3.05, 3.63) is 34.7 Å². The van der Waals surface area contributed by atoms with Gasteiger partial charge in [-0.05, 0) is 37.4 Å². The first kappa shape index (κ1) is 15.0.